The van der Waals surface area contributed by atoms with Crippen LogP contribution in [-0.4, -0.2) is 34.8 Å². The summed E-state index contributed by atoms with van der Waals surface area (Å²) >= 11 is 0. The molecule has 29 heavy (non-hydrogen) atoms. The van der Waals surface area contributed by atoms with Gasteiger partial charge in [-0.2, -0.15) is 0 Å². The molecule has 6 nitrogen and oxygen atoms in total. The number of carboxylic acid groups (broad SMARTS) is 1. The second-order valence-corrected chi connectivity index (χ2v) is 7.58. The van der Waals surface area contributed by atoms with Crippen LogP contribution in [0.1, 0.15) is 41.9 Å². The molecule has 1 aliphatic heterocycles. The average Bonchev–Trinajstić information content (AvgIpc) is 3.15. The number of benzene rings is 2. The quantitative estimate of drug-likeness (QED) is 0.603. The Hall–Kier alpha value is -3.12. The third-order valence-corrected chi connectivity index (χ3v) is 5.70. The van der Waals surface area contributed by atoms with Crippen molar-refractivity contribution in [3.8, 4) is 11.3 Å². The monoisotopic (exact) mass is 390 g/mol. The summed E-state index contributed by atoms with van der Waals surface area (Å²) in [6.45, 7) is 3.02. The molecule has 1 amide bonds. The van der Waals surface area contributed by atoms with Gasteiger partial charge in [0.2, 0.25) is 0 Å². The maximum absolute atomic E-state index is 11.1. The van der Waals surface area contributed by atoms with Gasteiger partial charge in [0.05, 0.1) is 11.7 Å². The molecule has 0 bridgehead atoms. The molecule has 1 fully saturated rings. The van der Waals surface area contributed by atoms with Crippen LogP contribution >= 0.6 is 0 Å². The number of nitrogens with one attached hydrogen (secondary N) is 2. The molecule has 3 aromatic rings. The number of amides is 1. The van der Waals surface area contributed by atoms with Gasteiger partial charge in [0.1, 0.15) is 5.82 Å². The molecule has 2 atom stereocenters. The zero-order valence-corrected chi connectivity index (χ0v) is 16.7. The van der Waals surface area contributed by atoms with E-state index in [0.29, 0.717) is 11.6 Å². The number of rotatable bonds is 4. The molecule has 0 aliphatic carbocycles. The molecule has 6 heteroatoms. The average molecular weight is 390 g/mol. The largest absolute Gasteiger partial charge is 0.465 e. The summed E-state index contributed by atoms with van der Waals surface area (Å²) in [5.41, 5.74) is 4.86. The Morgan fingerprint density at radius 2 is 1.86 bits per heavy atom. The van der Waals surface area contributed by atoms with Crippen molar-refractivity contribution in [1.29, 1.82) is 0 Å². The first-order valence-electron chi connectivity index (χ1n) is 9.96. The van der Waals surface area contributed by atoms with Crippen molar-refractivity contribution in [1.82, 2.24) is 15.3 Å². The lowest BCUT2D eigenvalue weighted by Gasteiger charge is -2.31. The van der Waals surface area contributed by atoms with E-state index in [0.717, 1.165) is 42.2 Å². The molecule has 1 aliphatic rings. The number of hydrogen-bond acceptors (Lipinski definition) is 3. The molecular weight excluding hydrogens is 364 g/mol. The van der Waals surface area contributed by atoms with Crippen molar-refractivity contribution in [3.05, 3.63) is 71.7 Å². The van der Waals surface area contributed by atoms with Gasteiger partial charge in [-0.05, 0) is 44.0 Å². The van der Waals surface area contributed by atoms with E-state index >= 15 is 0 Å². The lowest BCUT2D eigenvalue weighted by molar-refractivity contribution is 0.203. The van der Waals surface area contributed by atoms with Gasteiger partial charge in [0.15, 0.2) is 0 Å². The molecule has 0 radical (unpaired) electrons. The molecule has 2 aromatic carbocycles. The molecule has 2 unspecified atom stereocenters. The van der Waals surface area contributed by atoms with Crippen LogP contribution in [-0.2, 0) is 0 Å². The third kappa shape index (κ3) is 3.89. The topological polar surface area (TPSA) is 81.2 Å². The first-order chi connectivity index (χ1) is 14.0. The van der Waals surface area contributed by atoms with Gasteiger partial charge in [-0.1, -0.05) is 42.5 Å². The minimum atomic E-state index is -0.980. The highest BCUT2D eigenvalue weighted by molar-refractivity contribution is 5.85. The second kappa shape index (κ2) is 8.09. The third-order valence-electron chi connectivity index (χ3n) is 5.70. The number of imidazole rings is 1. The molecule has 3 N–H and O–H groups in total. The highest BCUT2D eigenvalue weighted by Gasteiger charge is 2.30. The SMILES string of the molecule is Cc1[nH]c(C2NCCCC2c2ccccc2)nc1-c1ccc(N(C)C(=O)O)cc1. The molecule has 0 spiro atoms. The van der Waals surface area contributed by atoms with Gasteiger partial charge >= 0.3 is 6.09 Å². The van der Waals surface area contributed by atoms with Crippen LogP contribution in [0.25, 0.3) is 11.3 Å². The minimum absolute atomic E-state index is 0.149. The summed E-state index contributed by atoms with van der Waals surface area (Å²) in [6.07, 6.45) is 1.31. The summed E-state index contributed by atoms with van der Waals surface area (Å²) in [5, 5.41) is 12.8. The number of anilines is 1. The lowest BCUT2D eigenvalue weighted by Crippen LogP contribution is -2.33. The number of aryl methyl sites for hydroxylation is 1. The Labute approximate surface area is 170 Å². The number of carbonyl (C=O) groups is 1. The van der Waals surface area contributed by atoms with Crippen LogP contribution in [0.15, 0.2) is 54.6 Å². The predicted octanol–water partition coefficient (Wildman–Crippen LogP) is 4.71. The van der Waals surface area contributed by atoms with E-state index < -0.39 is 6.09 Å². The Kier molecular flexibility index (Phi) is 5.36. The van der Waals surface area contributed by atoms with Crippen molar-refractivity contribution in [2.75, 3.05) is 18.5 Å². The fourth-order valence-corrected chi connectivity index (χ4v) is 4.10. The molecule has 2 heterocycles. The second-order valence-electron chi connectivity index (χ2n) is 7.58. The molecular formula is C23H26N4O2. The summed E-state index contributed by atoms with van der Waals surface area (Å²) in [7, 11) is 1.54. The van der Waals surface area contributed by atoms with E-state index in [-0.39, 0.29) is 6.04 Å². The summed E-state index contributed by atoms with van der Waals surface area (Å²) in [4.78, 5) is 20.8. The predicted molar refractivity (Wildman–Crippen MR) is 114 cm³/mol. The van der Waals surface area contributed by atoms with Gasteiger partial charge < -0.3 is 15.4 Å². The molecule has 0 saturated carbocycles. The van der Waals surface area contributed by atoms with Crippen LogP contribution in [0.2, 0.25) is 0 Å². The van der Waals surface area contributed by atoms with E-state index in [1.54, 1.807) is 0 Å². The summed E-state index contributed by atoms with van der Waals surface area (Å²) in [5.74, 6) is 1.34. The first-order valence-corrected chi connectivity index (χ1v) is 9.96. The van der Waals surface area contributed by atoms with Crippen molar-refractivity contribution in [2.45, 2.75) is 31.7 Å². The zero-order chi connectivity index (χ0) is 20.4. The van der Waals surface area contributed by atoms with Crippen LogP contribution in [0.4, 0.5) is 10.5 Å². The van der Waals surface area contributed by atoms with E-state index in [4.69, 9.17) is 10.1 Å². The fourth-order valence-electron chi connectivity index (χ4n) is 4.10. The zero-order valence-electron chi connectivity index (χ0n) is 16.7. The first kappa shape index (κ1) is 19.2. The highest BCUT2D eigenvalue weighted by Crippen LogP contribution is 2.37. The summed E-state index contributed by atoms with van der Waals surface area (Å²) < 4.78 is 0. The van der Waals surface area contributed by atoms with Crippen molar-refractivity contribution in [2.24, 2.45) is 0 Å². The lowest BCUT2D eigenvalue weighted by atomic mass is 9.84. The van der Waals surface area contributed by atoms with Crippen LogP contribution in [0.3, 0.4) is 0 Å². The standard InChI is InChI=1S/C23H26N4O2/c1-15-20(17-10-12-18(13-11-17)27(2)23(28)29)26-22(25-15)21-19(9-6-14-24-21)16-7-4-3-5-8-16/h3-5,7-8,10-13,19,21,24H,6,9,14H2,1-2H3,(H,25,26)(H,28,29). The van der Waals surface area contributed by atoms with Crippen LogP contribution in [0.5, 0.6) is 0 Å². The van der Waals surface area contributed by atoms with E-state index in [1.807, 2.05) is 31.2 Å². The van der Waals surface area contributed by atoms with Gasteiger partial charge in [-0.3, -0.25) is 4.90 Å². The maximum Gasteiger partial charge on any atom is 0.411 e. The van der Waals surface area contributed by atoms with Gasteiger partial charge in [-0.25, -0.2) is 9.78 Å². The Bertz CT molecular complexity index is 982. The molecule has 4 rings (SSSR count). The van der Waals surface area contributed by atoms with E-state index in [1.165, 1.54) is 17.5 Å². The number of nitrogens with zero attached hydrogens (tertiary/aromatic N) is 2. The Morgan fingerprint density at radius 3 is 2.55 bits per heavy atom. The number of H-pyrrole nitrogens is 1. The van der Waals surface area contributed by atoms with Crippen LogP contribution in [0, 0.1) is 6.92 Å². The summed E-state index contributed by atoms with van der Waals surface area (Å²) in [6, 6.07) is 18.2. The number of aromatic amines is 1. The van der Waals surface area contributed by atoms with Gasteiger partial charge in [0.25, 0.3) is 0 Å². The fraction of sp³-hybridized carbons (Fsp3) is 0.304. The number of piperidine rings is 1. The smallest absolute Gasteiger partial charge is 0.411 e. The molecule has 150 valence electrons. The normalized spacial score (nSPS) is 19.1. The molecule has 1 saturated heterocycles. The van der Waals surface area contributed by atoms with E-state index in [9.17, 15) is 4.79 Å². The highest BCUT2D eigenvalue weighted by atomic mass is 16.4. The van der Waals surface area contributed by atoms with Crippen molar-refractivity contribution in [3.63, 3.8) is 0 Å². The Balaban J connectivity index is 1.62. The minimum Gasteiger partial charge on any atom is -0.465 e. The van der Waals surface area contributed by atoms with Crippen LogP contribution < -0.4 is 10.2 Å². The van der Waals surface area contributed by atoms with E-state index in [2.05, 4.69) is 40.6 Å². The molecule has 1 aromatic heterocycles. The maximum atomic E-state index is 11.1. The van der Waals surface area contributed by atoms with Gasteiger partial charge in [-0.15, -0.1) is 0 Å². The number of aromatic nitrogens is 2. The van der Waals surface area contributed by atoms with Crippen molar-refractivity contribution < 1.29 is 9.90 Å². The Morgan fingerprint density at radius 1 is 1.14 bits per heavy atom. The van der Waals surface area contributed by atoms with Gasteiger partial charge in [0, 0.05) is 29.9 Å². The van der Waals surface area contributed by atoms with Crippen molar-refractivity contribution >= 4 is 11.8 Å². The number of hydrogen-bond donors (Lipinski definition) is 3.